The lowest BCUT2D eigenvalue weighted by molar-refractivity contribution is 0.471. The molecule has 0 amide bonds. The van der Waals surface area contributed by atoms with Gasteiger partial charge >= 0.3 is 0 Å². The van der Waals surface area contributed by atoms with Gasteiger partial charge in [0.15, 0.2) is 0 Å². The van der Waals surface area contributed by atoms with E-state index in [0.29, 0.717) is 5.75 Å². The van der Waals surface area contributed by atoms with E-state index >= 15 is 0 Å². The first kappa shape index (κ1) is 17.9. The van der Waals surface area contributed by atoms with Crippen LogP contribution in [0.4, 0.5) is 0 Å². The van der Waals surface area contributed by atoms with Crippen molar-refractivity contribution in [1.82, 2.24) is 0 Å². The molecule has 1 nitrogen and oxygen atoms in total. The van der Waals surface area contributed by atoms with Gasteiger partial charge < -0.3 is 5.11 Å². The molecule has 0 atom stereocenters. The van der Waals surface area contributed by atoms with Crippen molar-refractivity contribution < 1.29 is 22.2 Å². The predicted octanol–water partition coefficient (Wildman–Crippen LogP) is 4.92. The van der Waals surface area contributed by atoms with Gasteiger partial charge in [-0.05, 0) is 89.6 Å². The van der Waals surface area contributed by atoms with Crippen LogP contribution in [0.2, 0.25) is 0 Å². The zero-order chi connectivity index (χ0) is 16.5. The molecule has 0 aliphatic heterocycles. The number of para-hydroxylation sites is 1. The maximum absolute atomic E-state index is 8.92. The first-order valence-corrected chi connectivity index (χ1v) is 5.88. The van der Waals surface area contributed by atoms with Gasteiger partial charge in [0, 0.05) is 17.1 Å². The number of phenols is 1. The fourth-order valence-electron chi connectivity index (χ4n) is 0.886. The van der Waals surface area contributed by atoms with Crippen LogP contribution in [0.25, 0.3) is 0 Å². The summed E-state index contributed by atoms with van der Waals surface area (Å²) in [5.74, 6) is 28.7. The normalized spacial score (nSPS) is 5.59. The molecule has 1 aromatic carbocycles. The summed E-state index contributed by atoms with van der Waals surface area (Å²) in [7, 11) is 0. The molecule has 0 saturated heterocycles. The molecule has 1 heteroatoms. The van der Waals surface area contributed by atoms with Crippen LogP contribution >= 0.6 is 0 Å². The average molecular weight is 303 g/mol. The third kappa shape index (κ3) is 11.1. The van der Waals surface area contributed by atoms with Crippen LogP contribution in [-0.2, 0) is 0 Å². The van der Waals surface area contributed by atoms with Crippen LogP contribution in [0.15, 0.2) is 24.3 Å². The van der Waals surface area contributed by atoms with Gasteiger partial charge in [-0.3, -0.25) is 0 Å². The summed E-state index contributed by atoms with van der Waals surface area (Å²) in [6.45, 7) is 1.87. The molecule has 0 saturated carbocycles. The highest BCUT2D eigenvalue weighted by molar-refractivity contribution is 5.44. The second-order valence-corrected chi connectivity index (χ2v) is 3.33. The Morgan fingerprint density at radius 2 is 1.09 bits per heavy atom. The van der Waals surface area contributed by atoms with Crippen molar-refractivity contribution in [3.8, 4) is 89.6 Å². The first-order valence-electron chi connectivity index (χ1n) is 5.88. The van der Waals surface area contributed by atoms with Gasteiger partial charge in [0.2, 0.25) is 0 Å². The van der Waals surface area contributed by atoms with Crippen LogP contribution in [0.5, 0.6) is 5.75 Å². The number of aromatic hydroxyl groups is 1. The summed E-state index contributed by atoms with van der Waals surface area (Å²) < 4.78 is 0. The molecule has 1 rings (SSSR count). The van der Waals surface area contributed by atoms with Gasteiger partial charge in [0.25, 0.3) is 0 Å². The van der Waals surface area contributed by atoms with Crippen molar-refractivity contribution in [3.63, 3.8) is 0 Å². The quantitative estimate of drug-likeness (QED) is 0.674. The molecule has 0 aromatic heterocycles. The van der Waals surface area contributed by atoms with Gasteiger partial charge in [0.1, 0.15) is 5.75 Å². The maximum atomic E-state index is 8.92. The molecule has 0 spiro atoms. The molecular weight excluding hydrogens is 268 g/mol. The van der Waals surface area contributed by atoms with Gasteiger partial charge in [-0.1, -0.05) is 18.2 Å². The fraction of sp³-hybridized carbons (Fsp3) is 0.0476. The van der Waals surface area contributed by atoms with Gasteiger partial charge in [-0.15, -0.1) is 12.8 Å². The van der Waals surface area contributed by atoms with Gasteiger partial charge in [0.05, 0.1) is 0 Å². The molecule has 22 heavy (non-hydrogen) atoms. The van der Waals surface area contributed by atoms with Crippen molar-refractivity contribution in [2.75, 3.05) is 0 Å². The number of hydrogen-bond acceptors (Lipinski definition) is 1. The standard InChI is InChI=1S/C14H2.C7H8O.12H2/c1-3-5-7-9-11-13-14-12-10-8-6-4-2;1-6-4-2-3-5-7(6)8;;;;;;;;;;;;/h1-2H;2-5,8H,1H3;12*1H. The minimum absolute atomic E-state index is 0. The summed E-state index contributed by atoms with van der Waals surface area (Å²) in [4.78, 5) is 0. The molecule has 0 fully saturated rings. The highest BCUT2D eigenvalue weighted by Crippen LogP contribution is 2.12. The van der Waals surface area contributed by atoms with Crippen molar-refractivity contribution in [2.45, 2.75) is 6.92 Å². The molecule has 0 unspecified atom stereocenters. The van der Waals surface area contributed by atoms with Gasteiger partial charge in [-0.25, -0.2) is 0 Å². The fourth-order valence-corrected chi connectivity index (χ4v) is 0.886. The smallest absolute Gasteiger partial charge is 0.118 e. The summed E-state index contributed by atoms with van der Waals surface area (Å²) in [6.07, 6.45) is 9.71. The number of terminal acetylenes is 2. The molecule has 0 bridgehead atoms. The molecule has 1 N–H and O–H groups in total. The van der Waals surface area contributed by atoms with E-state index in [1.165, 1.54) is 0 Å². The predicted molar refractivity (Wildman–Crippen MR) is 115 cm³/mol. The lowest BCUT2D eigenvalue weighted by Gasteiger charge is -1.92. The second kappa shape index (κ2) is 13.4. The van der Waals surface area contributed by atoms with Crippen LogP contribution in [0.3, 0.4) is 0 Å². The first-order chi connectivity index (χ1) is 10.7. The molecular formula is C21H34O. The Balaban J connectivity index is -0.0000000183. The Kier molecular flexibility index (Phi) is 10.9. The molecule has 1 aromatic rings. The SMILES string of the molecule is C#CC#CC#CC#CC#CC#CC#C.Cc1ccccc1O.[HH].[HH].[HH].[HH].[HH].[HH].[HH].[HH].[HH].[HH].[HH].[HH]. The molecule has 0 aliphatic carbocycles. The van der Waals surface area contributed by atoms with E-state index in [0.717, 1.165) is 5.56 Å². The van der Waals surface area contributed by atoms with E-state index in [1.54, 1.807) is 6.07 Å². The van der Waals surface area contributed by atoms with Crippen LogP contribution in [-0.4, -0.2) is 5.11 Å². The largest absolute Gasteiger partial charge is 0.508 e. The van der Waals surface area contributed by atoms with E-state index < -0.39 is 0 Å². The third-order valence-electron chi connectivity index (χ3n) is 1.82. The zero-order valence-corrected chi connectivity index (χ0v) is 11.9. The van der Waals surface area contributed by atoms with E-state index in [1.807, 2.05) is 25.1 Å². The highest BCUT2D eigenvalue weighted by atomic mass is 16.3. The van der Waals surface area contributed by atoms with Crippen molar-refractivity contribution in [1.29, 1.82) is 0 Å². The van der Waals surface area contributed by atoms with Crippen LogP contribution < -0.4 is 0 Å². The van der Waals surface area contributed by atoms with Crippen LogP contribution in [0, 0.1) is 90.8 Å². The molecule has 0 heterocycles. The number of phenolic OH excluding ortho intramolecular Hbond substituents is 1. The summed E-state index contributed by atoms with van der Waals surface area (Å²) in [6, 6.07) is 7.25. The monoisotopic (exact) mass is 302 g/mol. The Labute approximate surface area is 150 Å². The Bertz CT molecular complexity index is 848. The molecule has 0 radical (unpaired) electrons. The Morgan fingerprint density at radius 3 is 1.36 bits per heavy atom. The Hall–Kier alpha value is -4.06. The molecule has 124 valence electrons. The lowest BCUT2D eigenvalue weighted by Crippen LogP contribution is -1.68. The summed E-state index contributed by atoms with van der Waals surface area (Å²) >= 11 is 0. The Morgan fingerprint density at radius 1 is 0.727 bits per heavy atom. The highest BCUT2D eigenvalue weighted by Gasteiger charge is 1.86. The van der Waals surface area contributed by atoms with Crippen molar-refractivity contribution in [2.24, 2.45) is 0 Å². The lowest BCUT2D eigenvalue weighted by atomic mass is 10.2. The number of benzene rings is 1. The maximum Gasteiger partial charge on any atom is 0.118 e. The summed E-state index contributed by atoms with van der Waals surface area (Å²) in [5.41, 5.74) is 0.924. The minimum atomic E-state index is 0. The van der Waals surface area contributed by atoms with E-state index in [4.69, 9.17) is 18.0 Å². The third-order valence-corrected chi connectivity index (χ3v) is 1.82. The van der Waals surface area contributed by atoms with E-state index in [9.17, 15) is 0 Å². The van der Waals surface area contributed by atoms with Crippen LogP contribution in [0.1, 0.15) is 22.7 Å². The average Bonchev–Trinajstić information content (AvgIpc) is 2.53. The van der Waals surface area contributed by atoms with E-state index in [2.05, 4.69) is 71.0 Å². The van der Waals surface area contributed by atoms with Gasteiger partial charge in [-0.2, -0.15) is 0 Å². The minimum Gasteiger partial charge on any atom is -0.508 e. The van der Waals surface area contributed by atoms with E-state index in [-0.39, 0.29) is 17.1 Å². The number of aryl methyl sites for hydroxylation is 1. The number of rotatable bonds is 0. The van der Waals surface area contributed by atoms with Crippen molar-refractivity contribution >= 4 is 0 Å². The van der Waals surface area contributed by atoms with Crippen molar-refractivity contribution in [3.05, 3.63) is 29.8 Å². The molecule has 0 aliphatic rings. The topological polar surface area (TPSA) is 20.2 Å². The number of hydrogen-bond donors (Lipinski definition) is 1. The second-order valence-electron chi connectivity index (χ2n) is 3.33. The summed E-state index contributed by atoms with van der Waals surface area (Å²) in [5, 5.41) is 8.92. The zero-order valence-electron chi connectivity index (χ0n) is 11.9.